The maximum Gasteiger partial charge on any atom is 0.193 e. The largest absolute Gasteiger partial charge is 0.497 e. The second kappa shape index (κ2) is 8.97. The van der Waals surface area contributed by atoms with Gasteiger partial charge >= 0.3 is 0 Å². The first-order chi connectivity index (χ1) is 12.0. The highest BCUT2D eigenvalue weighted by Crippen LogP contribution is 2.23. The molecular weight excluding hydrogens is 314 g/mol. The van der Waals surface area contributed by atoms with Crippen molar-refractivity contribution in [2.24, 2.45) is 10.7 Å². The second-order valence-corrected chi connectivity index (χ2v) is 6.00. The van der Waals surface area contributed by atoms with E-state index in [1.807, 2.05) is 36.4 Å². The fourth-order valence-corrected chi connectivity index (χ4v) is 2.23. The molecule has 0 aliphatic rings. The summed E-state index contributed by atoms with van der Waals surface area (Å²) in [5.41, 5.74) is 9.04. The van der Waals surface area contributed by atoms with Crippen LogP contribution in [0, 0.1) is 6.92 Å². The summed E-state index contributed by atoms with van der Waals surface area (Å²) in [4.78, 5) is 4.43. The third kappa shape index (κ3) is 5.71. The summed E-state index contributed by atoms with van der Waals surface area (Å²) < 4.78 is 11.1. The van der Waals surface area contributed by atoms with Crippen molar-refractivity contribution in [3.63, 3.8) is 0 Å². The van der Waals surface area contributed by atoms with Crippen LogP contribution in [-0.2, 0) is 6.54 Å². The lowest BCUT2D eigenvalue weighted by Crippen LogP contribution is -2.22. The summed E-state index contributed by atoms with van der Waals surface area (Å²) >= 11 is 0. The highest BCUT2D eigenvalue weighted by molar-refractivity contribution is 5.92. The number of nitrogens with zero attached hydrogens (tertiary/aromatic N) is 1. The van der Waals surface area contributed by atoms with E-state index >= 15 is 0 Å². The Morgan fingerprint density at radius 3 is 2.56 bits per heavy atom. The average Bonchev–Trinajstić information content (AvgIpc) is 2.61. The Kier molecular flexibility index (Phi) is 6.69. The van der Waals surface area contributed by atoms with Crippen molar-refractivity contribution in [3.05, 3.63) is 53.6 Å². The molecule has 1 unspecified atom stereocenters. The minimum atomic E-state index is 0.166. The molecule has 134 valence electrons. The van der Waals surface area contributed by atoms with E-state index in [0.717, 1.165) is 34.7 Å². The number of hydrogen-bond donors (Lipinski definition) is 2. The zero-order valence-corrected chi connectivity index (χ0v) is 15.4. The molecule has 0 aliphatic heterocycles. The van der Waals surface area contributed by atoms with Gasteiger partial charge in [-0.1, -0.05) is 19.1 Å². The van der Waals surface area contributed by atoms with E-state index in [-0.39, 0.29) is 6.10 Å². The third-order valence-electron chi connectivity index (χ3n) is 3.91. The Balaban J connectivity index is 2.06. The minimum absolute atomic E-state index is 0.166. The van der Waals surface area contributed by atoms with Crippen LogP contribution in [0.4, 0.5) is 5.69 Å². The van der Waals surface area contributed by atoms with E-state index in [1.165, 1.54) is 0 Å². The van der Waals surface area contributed by atoms with Gasteiger partial charge in [0, 0.05) is 11.3 Å². The zero-order chi connectivity index (χ0) is 18.2. The lowest BCUT2D eigenvalue weighted by Gasteiger charge is -2.16. The molecule has 0 heterocycles. The number of guanidine groups is 1. The summed E-state index contributed by atoms with van der Waals surface area (Å²) in [6.07, 6.45) is 1.12. The third-order valence-corrected chi connectivity index (χ3v) is 3.91. The Bertz CT molecular complexity index is 711. The van der Waals surface area contributed by atoms with Crippen LogP contribution < -0.4 is 20.5 Å². The number of ether oxygens (including phenoxy) is 2. The smallest absolute Gasteiger partial charge is 0.193 e. The lowest BCUT2D eigenvalue weighted by atomic mass is 10.1. The summed E-state index contributed by atoms with van der Waals surface area (Å²) in [5.74, 6) is 2.03. The number of aliphatic imine (C=N–C) groups is 1. The number of nitrogens with two attached hydrogens (primary N) is 1. The molecular formula is C20H27N3O2. The molecule has 0 fully saturated rings. The molecule has 0 radical (unpaired) electrons. The van der Waals surface area contributed by atoms with E-state index in [9.17, 15) is 0 Å². The van der Waals surface area contributed by atoms with Gasteiger partial charge in [-0.15, -0.1) is 0 Å². The first-order valence-electron chi connectivity index (χ1n) is 8.49. The zero-order valence-electron chi connectivity index (χ0n) is 15.4. The predicted molar refractivity (Wildman–Crippen MR) is 104 cm³/mol. The van der Waals surface area contributed by atoms with Crippen LogP contribution in [0.25, 0.3) is 0 Å². The topological polar surface area (TPSA) is 68.9 Å². The van der Waals surface area contributed by atoms with Crippen molar-refractivity contribution in [1.82, 2.24) is 0 Å². The van der Waals surface area contributed by atoms with E-state index in [2.05, 4.69) is 37.1 Å². The Morgan fingerprint density at radius 2 is 1.92 bits per heavy atom. The van der Waals surface area contributed by atoms with Crippen LogP contribution in [0.3, 0.4) is 0 Å². The Hall–Kier alpha value is -2.69. The van der Waals surface area contributed by atoms with Gasteiger partial charge in [-0.3, -0.25) is 0 Å². The number of rotatable bonds is 7. The molecule has 0 amide bonds. The van der Waals surface area contributed by atoms with Crippen molar-refractivity contribution < 1.29 is 9.47 Å². The molecule has 0 saturated heterocycles. The van der Waals surface area contributed by atoms with Gasteiger partial charge in [-0.2, -0.15) is 0 Å². The Morgan fingerprint density at radius 1 is 1.20 bits per heavy atom. The van der Waals surface area contributed by atoms with Crippen LogP contribution in [0.2, 0.25) is 0 Å². The molecule has 5 nitrogen and oxygen atoms in total. The summed E-state index contributed by atoms with van der Waals surface area (Å²) in [6.45, 7) is 6.68. The lowest BCUT2D eigenvalue weighted by molar-refractivity contribution is 0.215. The SMILES string of the molecule is CCC(C)Oc1cc(C)ccc1CN=C(N)Nc1ccc(OC)cc1. The van der Waals surface area contributed by atoms with Gasteiger partial charge in [-0.05, 0) is 56.2 Å². The summed E-state index contributed by atoms with van der Waals surface area (Å²) in [7, 11) is 1.64. The molecule has 25 heavy (non-hydrogen) atoms. The van der Waals surface area contributed by atoms with Crippen LogP contribution >= 0.6 is 0 Å². The van der Waals surface area contributed by atoms with Gasteiger partial charge in [0.05, 0.1) is 19.8 Å². The number of benzene rings is 2. The maximum atomic E-state index is 6.01. The van der Waals surface area contributed by atoms with E-state index in [1.54, 1.807) is 7.11 Å². The van der Waals surface area contributed by atoms with Crippen molar-refractivity contribution >= 4 is 11.6 Å². The van der Waals surface area contributed by atoms with Crippen LogP contribution in [0.5, 0.6) is 11.5 Å². The van der Waals surface area contributed by atoms with Crippen LogP contribution in [0.15, 0.2) is 47.5 Å². The van der Waals surface area contributed by atoms with Gasteiger partial charge in [0.25, 0.3) is 0 Å². The first kappa shape index (κ1) is 18.6. The molecule has 5 heteroatoms. The predicted octanol–water partition coefficient (Wildman–Crippen LogP) is 4.11. The number of methoxy groups -OCH3 is 1. The fourth-order valence-electron chi connectivity index (χ4n) is 2.23. The monoisotopic (exact) mass is 341 g/mol. The highest BCUT2D eigenvalue weighted by atomic mass is 16.5. The van der Waals surface area contributed by atoms with Gasteiger partial charge in [-0.25, -0.2) is 4.99 Å². The van der Waals surface area contributed by atoms with E-state index in [0.29, 0.717) is 12.5 Å². The standard InChI is InChI=1S/C20H27N3O2/c1-5-15(3)25-19-12-14(2)6-7-16(19)13-22-20(21)23-17-8-10-18(24-4)11-9-17/h6-12,15H,5,13H2,1-4H3,(H3,21,22,23). The molecule has 1 atom stereocenters. The molecule has 0 bridgehead atoms. The maximum absolute atomic E-state index is 6.01. The minimum Gasteiger partial charge on any atom is -0.497 e. The fraction of sp³-hybridized carbons (Fsp3) is 0.350. The molecule has 0 aromatic heterocycles. The number of aryl methyl sites for hydroxylation is 1. The summed E-state index contributed by atoms with van der Waals surface area (Å²) in [6, 6.07) is 13.7. The first-order valence-corrected chi connectivity index (χ1v) is 8.49. The Labute approximate surface area is 149 Å². The van der Waals surface area contributed by atoms with E-state index < -0.39 is 0 Å². The number of hydrogen-bond acceptors (Lipinski definition) is 3. The average molecular weight is 341 g/mol. The van der Waals surface area contributed by atoms with Gasteiger partial charge in [0.1, 0.15) is 11.5 Å². The normalized spacial score (nSPS) is 12.6. The van der Waals surface area contributed by atoms with Gasteiger partial charge in [0.2, 0.25) is 0 Å². The van der Waals surface area contributed by atoms with E-state index in [4.69, 9.17) is 15.2 Å². The molecule has 2 aromatic carbocycles. The molecule has 2 aromatic rings. The van der Waals surface area contributed by atoms with Crippen LogP contribution in [-0.4, -0.2) is 19.2 Å². The van der Waals surface area contributed by atoms with Crippen molar-refractivity contribution in [3.8, 4) is 11.5 Å². The van der Waals surface area contributed by atoms with Gasteiger partial charge in [0.15, 0.2) is 5.96 Å². The van der Waals surface area contributed by atoms with Crippen molar-refractivity contribution in [1.29, 1.82) is 0 Å². The van der Waals surface area contributed by atoms with Crippen LogP contribution in [0.1, 0.15) is 31.4 Å². The molecule has 0 saturated carbocycles. The number of anilines is 1. The molecule has 0 spiro atoms. The number of nitrogens with one attached hydrogen (secondary N) is 1. The van der Waals surface area contributed by atoms with Gasteiger partial charge < -0.3 is 20.5 Å². The molecule has 2 rings (SSSR count). The van der Waals surface area contributed by atoms with Crippen molar-refractivity contribution in [2.75, 3.05) is 12.4 Å². The highest BCUT2D eigenvalue weighted by Gasteiger charge is 2.08. The quantitative estimate of drug-likeness (QED) is 0.587. The molecule has 0 aliphatic carbocycles. The summed E-state index contributed by atoms with van der Waals surface area (Å²) in [5, 5.41) is 3.08. The second-order valence-electron chi connectivity index (χ2n) is 6.00. The van der Waals surface area contributed by atoms with Crippen molar-refractivity contribution in [2.45, 2.75) is 39.8 Å². The molecule has 3 N–H and O–H groups in total.